The molecule has 0 saturated carbocycles. The SMILES string of the molecule is Cn1c(=NC(=O)c2ccc(Cl)s2)sc2ccccc21. The quantitative estimate of drug-likeness (QED) is 0.675. The monoisotopic (exact) mass is 308 g/mol. The Labute approximate surface area is 122 Å². The fraction of sp³-hybridized carbons (Fsp3) is 0.0769. The van der Waals surface area contributed by atoms with Gasteiger partial charge in [-0.1, -0.05) is 35.1 Å². The van der Waals surface area contributed by atoms with Crippen molar-refractivity contribution in [2.75, 3.05) is 0 Å². The number of fused-ring (bicyclic) bond motifs is 1. The molecule has 0 bridgehead atoms. The van der Waals surface area contributed by atoms with Crippen LogP contribution in [0.3, 0.4) is 0 Å². The molecular formula is C13H9ClN2OS2. The van der Waals surface area contributed by atoms with E-state index in [0.29, 0.717) is 14.0 Å². The summed E-state index contributed by atoms with van der Waals surface area (Å²) in [6, 6.07) is 11.4. The molecule has 19 heavy (non-hydrogen) atoms. The minimum Gasteiger partial charge on any atom is -0.319 e. The third kappa shape index (κ3) is 2.36. The number of carbonyl (C=O) groups is 1. The fourth-order valence-corrected chi connectivity index (χ4v) is 3.70. The van der Waals surface area contributed by atoms with Crippen LogP contribution in [0.1, 0.15) is 9.67 Å². The maximum Gasteiger partial charge on any atom is 0.289 e. The number of hydrogen-bond acceptors (Lipinski definition) is 3. The van der Waals surface area contributed by atoms with Crippen molar-refractivity contribution in [3.05, 3.63) is 50.4 Å². The van der Waals surface area contributed by atoms with Gasteiger partial charge in [-0.3, -0.25) is 4.79 Å². The second-order valence-electron chi connectivity index (χ2n) is 3.93. The van der Waals surface area contributed by atoms with Crippen LogP contribution in [0.2, 0.25) is 4.34 Å². The van der Waals surface area contributed by atoms with Crippen molar-refractivity contribution in [1.82, 2.24) is 4.57 Å². The van der Waals surface area contributed by atoms with E-state index in [1.165, 1.54) is 22.7 Å². The highest BCUT2D eigenvalue weighted by Gasteiger charge is 2.09. The van der Waals surface area contributed by atoms with Crippen LogP contribution in [0.25, 0.3) is 10.2 Å². The first-order valence-electron chi connectivity index (χ1n) is 5.54. The van der Waals surface area contributed by atoms with E-state index >= 15 is 0 Å². The third-order valence-electron chi connectivity index (χ3n) is 2.70. The highest BCUT2D eigenvalue weighted by Crippen LogP contribution is 2.22. The Kier molecular flexibility index (Phi) is 3.26. The molecule has 96 valence electrons. The molecule has 0 aliphatic heterocycles. The average molecular weight is 309 g/mol. The van der Waals surface area contributed by atoms with E-state index in [-0.39, 0.29) is 5.91 Å². The van der Waals surface area contributed by atoms with E-state index in [4.69, 9.17) is 11.6 Å². The predicted octanol–water partition coefficient (Wildman–Crippen LogP) is 3.70. The minimum atomic E-state index is -0.251. The number of halogens is 1. The van der Waals surface area contributed by atoms with Gasteiger partial charge in [-0.15, -0.1) is 11.3 Å². The summed E-state index contributed by atoms with van der Waals surface area (Å²) in [5.74, 6) is -0.251. The predicted molar refractivity (Wildman–Crippen MR) is 80.0 cm³/mol. The minimum absolute atomic E-state index is 0.251. The number of para-hydroxylation sites is 1. The summed E-state index contributed by atoms with van der Waals surface area (Å²) in [5.41, 5.74) is 1.07. The molecule has 3 rings (SSSR count). The number of hydrogen-bond donors (Lipinski definition) is 0. The Morgan fingerprint density at radius 1 is 1.21 bits per heavy atom. The summed E-state index contributed by atoms with van der Waals surface area (Å²) in [4.78, 5) is 17.5. The van der Waals surface area contributed by atoms with Gasteiger partial charge in [0.25, 0.3) is 5.91 Å². The Bertz CT molecular complexity index is 828. The van der Waals surface area contributed by atoms with Crippen molar-refractivity contribution in [3.63, 3.8) is 0 Å². The van der Waals surface area contributed by atoms with Crippen LogP contribution >= 0.6 is 34.3 Å². The lowest BCUT2D eigenvalue weighted by atomic mass is 10.3. The lowest BCUT2D eigenvalue weighted by Crippen LogP contribution is -2.12. The zero-order valence-electron chi connectivity index (χ0n) is 9.96. The summed E-state index contributed by atoms with van der Waals surface area (Å²) in [6.45, 7) is 0. The molecule has 2 heterocycles. The standard InChI is InChI=1S/C13H9ClN2OS2/c1-16-8-4-2-3-5-9(8)19-13(16)15-12(17)10-6-7-11(14)18-10/h2-7H,1H3. The van der Waals surface area contributed by atoms with Crippen molar-refractivity contribution < 1.29 is 4.79 Å². The van der Waals surface area contributed by atoms with Crippen LogP contribution in [-0.4, -0.2) is 10.5 Å². The van der Waals surface area contributed by atoms with Gasteiger partial charge in [0.1, 0.15) is 0 Å². The molecule has 0 spiro atoms. The Morgan fingerprint density at radius 3 is 2.68 bits per heavy atom. The fourth-order valence-electron chi connectivity index (χ4n) is 1.76. The van der Waals surface area contributed by atoms with E-state index in [9.17, 15) is 4.79 Å². The number of rotatable bonds is 1. The van der Waals surface area contributed by atoms with E-state index < -0.39 is 0 Å². The van der Waals surface area contributed by atoms with Crippen LogP contribution < -0.4 is 4.80 Å². The zero-order valence-corrected chi connectivity index (χ0v) is 12.4. The summed E-state index contributed by atoms with van der Waals surface area (Å²) < 4.78 is 3.63. The van der Waals surface area contributed by atoms with Gasteiger partial charge < -0.3 is 4.57 Å². The number of amides is 1. The number of thiophene rings is 1. The van der Waals surface area contributed by atoms with Crippen molar-refractivity contribution >= 4 is 50.4 Å². The summed E-state index contributed by atoms with van der Waals surface area (Å²) >= 11 is 8.57. The van der Waals surface area contributed by atoms with Crippen molar-refractivity contribution in [3.8, 4) is 0 Å². The lowest BCUT2D eigenvalue weighted by molar-refractivity contribution is 0.100. The maximum absolute atomic E-state index is 12.0. The summed E-state index contributed by atoms with van der Waals surface area (Å²) in [5, 5.41) is 0. The van der Waals surface area contributed by atoms with Crippen LogP contribution in [0.4, 0.5) is 0 Å². The lowest BCUT2D eigenvalue weighted by Gasteiger charge is -1.93. The largest absolute Gasteiger partial charge is 0.319 e. The average Bonchev–Trinajstić information content (AvgIpc) is 2.96. The van der Waals surface area contributed by atoms with Crippen LogP contribution in [0, 0.1) is 0 Å². The molecule has 1 amide bonds. The highest BCUT2D eigenvalue weighted by atomic mass is 35.5. The first-order valence-corrected chi connectivity index (χ1v) is 7.55. The third-order valence-corrected chi connectivity index (χ3v) is 5.03. The molecule has 0 radical (unpaired) electrons. The van der Waals surface area contributed by atoms with Gasteiger partial charge in [0.15, 0.2) is 4.80 Å². The van der Waals surface area contributed by atoms with Crippen molar-refractivity contribution in [2.24, 2.45) is 12.0 Å². The number of thiazole rings is 1. The van der Waals surface area contributed by atoms with Gasteiger partial charge in [0.2, 0.25) is 0 Å². The molecule has 1 aromatic carbocycles. The summed E-state index contributed by atoms with van der Waals surface area (Å²) in [7, 11) is 1.91. The van der Waals surface area contributed by atoms with Crippen molar-refractivity contribution in [1.29, 1.82) is 0 Å². The Balaban J connectivity index is 2.11. The molecule has 0 fully saturated rings. The molecule has 0 aliphatic carbocycles. The second-order valence-corrected chi connectivity index (χ2v) is 6.66. The van der Waals surface area contributed by atoms with Gasteiger partial charge in [0, 0.05) is 7.05 Å². The number of carbonyl (C=O) groups excluding carboxylic acids is 1. The smallest absolute Gasteiger partial charge is 0.289 e. The first kappa shape index (κ1) is 12.6. The number of benzene rings is 1. The molecular weight excluding hydrogens is 300 g/mol. The van der Waals surface area contributed by atoms with Gasteiger partial charge in [-0.2, -0.15) is 4.99 Å². The van der Waals surface area contributed by atoms with Crippen LogP contribution in [-0.2, 0) is 7.05 Å². The molecule has 0 N–H and O–H groups in total. The van der Waals surface area contributed by atoms with E-state index in [1.807, 2.05) is 35.9 Å². The maximum atomic E-state index is 12.0. The number of aryl methyl sites for hydroxylation is 1. The topological polar surface area (TPSA) is 34.4 Å². The number of aromatic nitrogens is 1. The molecule has 3 nitrogen and oxygen atoms in total. The first-order chi connectivity index (χ1) is 9.15. The molecule has 2 aromatic heterocycles. The Hall–Kier alpha value is -1.43. The molecule has 6 heteroatoms. The van der Waals surface area contributed by atoms with Crippen LogP contribution in [0.5, 0.6) is 0 Å². The molecule has 0 saturated heterocycles. The Morgan fingerprint density at radius 2 is 2.00 bits per heavy atom. The van der Waals surface area contributed by atoms with E-state index in [1.54, 1.807) is 12.1 Å². The molecule has 0 aliphatic rings. The van der Waals surface area contributed by atoms with Crippen LogP contribution in [0.15, 0.2) is 41.4 Å². The molecule has 0 unspecified atom stereocenters. The molecule has 0 atom stereocenters. The van der Waals surface area contributed by atoms with Gasteiger partial charge >= 0.3 is 0 Å². The van der Waals surface area contributed by atoms with E-state index in [0.717, 1.165) is 10.2 Å². The second kappa shape index (κ2) is 4.92. The highest BCUT2D eigenvalue weighted by molar-refractivity contribution is 7.18. The van der Waals surface area contributed by atoms with Crippen molar-refractivity contribution in [2.45, 2.75) is 0 Å². The van der Waals surface area contributed by atoms with E-state index in [2.05, 4.69) is 4.99 Å². The van der Waals surface area contributed by atoms with Gasteiger partial charge in [0.05, 0.1) is 19.4 Å². The summed E-state index contributed by atoms with van der Waals surface area (Å²) in [6.07, 6.45) is 0. The van der Waals surface area contributed by atoms with Gasteiger partial charge in [-0.25, -0.2) is 0 Å². The zero-order chi connectivity index (χ0) is 13.4. The normalized spacial score (nSPS) is 12.2. The van der Waals surface area contributed by atoms with Gasteiger partial charge in [-0.05, 0) is 24.3 Å². The molecule has 3 aromatic rings. The number of nitrogens with zero attached hydrogens (tertiary/aromatic N) is 2.